The molecule has 0 saturated heterocycles. The number of rotatable bonds is 6. The standard InChI is InChI=1S/C18H18ClN3O2/c19-14-4-5-16-15(11-14)13(12-21-16)6-8-20-17(23)7-10-22-9-2-1-3-18(22)24/h1-5,9,11-12,21H,6-8,10H2,(H,20,23). The van der Waals surface area contributed by atoms with Gasteiger partial charge in [-0.05, 0) is 36.2 Å². The van der Waals surface area contributed by atoms with Gasteiger partial charge in [-0.2, -0.15) is 0 Å². The van der Waals surface area contributed by atoms with Gasteiger partial charge in [-0.25, -0.2) is 0 Å². The minimum Gasteiger partial charge on any atom is -0.361 e. The summed E-state index contributed by atoms with van der Waals surface area (Å²) in [5, 5.41) is 4.66. The van der Waals surface area contributed by atoms with Crippen LogP contribution in [0, 0.1) is 0 Å². The molecule has 0 aliphatic rings. The predicted molar refractivity (Wildman–Crippen MR) is 95.3 cm³/mol. The molecule has 2 N–H and O–H groups in total. The molecule has 6 heteroatoms. The Labute approximate surface area is 144 Å². The molecule has 0 aliphatic heterocycles. The number of nitrogens with one attached hydrogen (secondary N) is 2. The maximum absolute atomic E-state index is 11.9. The predicted octanol–water partition coefficient (Wildman–Crippen LogP) is 2.73. The fourth-order valence-electron chi connectivity index (χ4n) is 2.65. The number of carbonyl (C=O) groups is 1. The van der Waals surface area contributed by atoms with Crippen molar-refractivity contribution < 1.29 is 4.79 Å². The van der Waals surface area contributed by atoms with Gasteiger partial charge in [0.2, 0.25) is 5.91 Å². The molecule has 24 heavy (non-hydrogen) atoms. The lowest BCUT2D eigenvalue weighted by Crippen LogP contribution is -2.28. The number of hydrogen-bond acceptors (Lipinski definition) is 2. The Morgan fingerprint density at radius 2 is 2.12 bits per heavy atom. The highest BCUT2D eigenvalue weighted by atomic mass is 35.5. The van der Waals surface area contributed by atoms with Crippen molar-refractivity contribution in [3.63, 3.8) is 0 Å². The number of carbonyl (C=O) groups excluding carboxylic acids is 1. The van der Waals surface area contributed by atoms with E-state index in [9.17, 15) is 9.59 Å². The SMILES string of the molecule is O=C(CCn1ccccc1=O)NCCc1c[nH]c2ccc(Cl)cc12. The summed E-state index contributed by atoms with van der Waals surface area (Å²) in [5.74, 6) is -0.0661. The molecule has 1 amide bonds. The van der Waals surface area contributed by atoms with E-state index in [4.69, 9.17) is 11.6 Å². The number of H-pyrrole nitrogens is 1. The molecular formula is C18H18ClN3O2. The summed E-state index contributed by atoms with van der Waals surface area (Å²) in [6.45, 7) is 0.927. The van der Waals surface area contributed by atoms with Crippen molar-refractivity contribution in [3.05, 3.63) is 69.7 Å². The number of aryl methyl sites for hydroxylation is 1. The van der Waals surface area contributed by atoms with Crippen LogP contribution in [0.3, 0.4) is 0 Å². The molecular weight excluding hydrogens is 326 g/mol. The Balaban J connectivity index is 1.50. The maximum Gasteiger partial charge on any atom is 0.250 e. The molecule has 0 radical (unpaired) electrons. The summed E-state index contributed by atoms with van der Waals surface area (Å²) in [5.41, 5.74) is 2.05. The third-order valence-electron chi connectivity index (χ3n) is 3.92. The zero-order valence-electron chi connectivity index (χ0n) is 13.1. The van der Waals surface area contributed by atoms with Crippen LogP contribution in [-0.2, 0) is 17.8 Å². The largest absolute Gasteiger partial charge is 0.361 e. The van der Waals surface area contributed by atoms with Gasteiger partial charge in [0.05, 0.1) is 0 Å². The van der Waals surface area contributed by atoms with Gasteiger partial charge in [0.15, 0.2) is 0 Å². The van der Waals surface area contributed by atoms with E-state index in [0.717, 1.165) is 22.9 Å². The van der Waals surface area contributed by atoms with Crippen LogP contribution in [0.4, 0.5) is 0 Å². The Hall–Kier alpha value is -2.53. The number of nitrogens with zero attached hydrogens (tertiary/aromatic N) is 1. The molecule has 0 fully saturated rings. The van der Waals surface area contributed by atoms with Gasteiger partial charge >= 0.3 is 0 Å². The first-order valence-electron chi connectivity index (χ1n) is 7.81. The lowest BCUT2D eigenvalue weighted by Gasteiger charge is -2.06. The average Bonchev–Trinajstić information content (AvgIpc) is 2.96. The van der Waals surface area contributed by atoms with Crippen LogP contribution in [0.2, 0.25) is 5.02 Å². The normalized spacial score (nSPS) is 10.9. The van der Waals surface area contributed by atoms with Gasteiger partial charge in [0.1, 0.15) is 0 Å². The molecule has 0 unspecified atom stereocenters. The number of hydrogen-bond donors (Lipinski definition) is 2. The molecule has 3 aromatic rings. The van der Waals surface area contributed by atoms with Gasteiger partial charge < -0.3 is 14.9 Å². The number of benzene rings is 1. The van der Waals surface area contributed by atoms with Crippen molar-refractivity contribution in [2.75, 3.05) is 6.54 Å². The van der Waals surface area contributed by atoms with Crippen LogP contribution in [0.25, 0.3) is 10.9 Å². The summed E-state index contributed by atoms with van der Waals surface area (Å²) in [7, 11) is 0. The van der Waals surface area contributed by atoms with Crippen LogP contribution < -0.4 is 10.9 Å². The zero-order chi connectivity index (χ0) is 16.9. The van der Waals surface area contributed by atoms with Gasteiger partial charge in [-0.15, -0.1) is 0 Å². The van der Waals surface area contributed by atoms with E-state index in [1.807, 2.05) is 24.4 Å². The third kappa shape index (κ3) is 3.86. The Morgan fingerprint density at radius 3 is 2.96 bits per heavy atom. The smallest absolute Gasteiger partial charge is 0.250 e. The molecule has 0 atom stereocenters. The number of fused-ring (bicyclic) bond motifs is 1. The quantitative estimate of drug-likeness (QED) is 0.722. The van der Waals surface area contributed by atoms with Gasteiger partial charge in [-0.1, -0.05) is 17.7 Å². The number of pyridine rings is 1. The van der Waals surface area contributed by atoms with E-state index in [2.05, 4.69) is 10.3 Å². The fourth-order valence-corrected chi connectivity index (χ4v) is 2.82. The lowest BCUT2D eigenvalue weighted by molar-refractivity contribution is -0.121. The van der Waals surface area contributed by atoms with E-state index >= 15 is 0 Å². The number of halogens is 1. The van der Waals surface area contributed by atoms with Crippen molar-refractivity contribution in [2.24, 2.45) is 0 Å². The number of amides is 1. The molecule has 0 spiro atoms. The summed E-state index contributed by atoms with van der Waals surface area (Å²) >= 11 is 6.03. The lowest BCUT2D eigenvalue weighted by atomic mass is 10.1. The molecule has 3 rings (SSSR count). The van der Waals surface area contributed by atoms with E-state index in [1.165, 1.54) is 10.6 Å². The second-order valence-corrected chi connectivity index (χ2v) is 6.02. The molecule has 0 bridgehead atoms. The van der Waals surface area contributed by atoms with E-state index < -0.39 is 0 Å². The average molecular weight is 344 g/mol. The maximum atomic E-state index is 11.9. The van der Waals surface area contributed by atoms with Crippen molar-refractivity contribution in [1.29, 1.82) is 0 Å². The molecule has 0 saturated carbocycles. The van der Waals surface area contributed by atoms with Crippen molar-refractivity contribution >= 4 is 28.4 Å². The third-order valence-corrected chi connectivity index (χ3v) is 4.16. The Bertz CT molecular complexity index is 914. The first-order chi connectivity index (χ1) is 11.6. The van der Waals surface area contributed by atoms with E-state index in [-0.39, 0.29) is 17.9 Å². The number of aromatic amines is 1. The van der Waals surface area contributed by atoms with Gasteiger partial charge in [-0.3, -0.25) is 9.59 Å². The minimum absolute atomic E-state index is 0.0661. The molecule has 2 heterocycles. The Kier molecular flexibility index (Phi) is 5.01. The van der Waals surface area contributed by atoms with E-state index in [0.29, 0.717) is 18.1 Å². The highest BCUT2D eigenvalue weighted by Gasteiger charge is 2.06. The molecule has 0 aliphatic carbocycles. The molecule has 124 valence electrons. The van der Waals surface area contributed by atoms with Crippen molar-refractivity contribution in [1.82, 2.24) is 14.9 Å². The molecule has 1 aromatic carbocycles. The summed E-state index contributed by atoms with van der Waals surface area (Å²) < 4.78 is 1.53. The number of aromatic nitrogens is 2. The monoisotopic (exact) mass is 343 g/mol. The van der Waals surface area contributed by atoms with Gasteiger partial charge in [0.25, 0.3) is 5.56 Å². The highest BCUT2D eigenvalue weighted by Crippen LogP contribution is 2.22. The van der Waals surface area contributed by atoms with Crippen LogP contribution in [0.1, 0.15) is 12.0 Å². The Morgan fingerprint density at radius 1 is 1.25 bits per heavy atom. The van der Waals surface area contributed by atoms with Crippen molar-refractivity contribution in [2.45, 2.75) is 19.4 Å². The second-order valence-electron chi connectivity index (χ2n) is 5.59. The molecule has 5 nitrogen and oxygen atoms in total. The minimum atomic E-state index is -0.0963. The summed E-state index contributed by atoms with van der Waals surface area (Å²) in [6.07, 6.45) is 4.63. The zero-order valence-corrected chi connectivity index (χ0v) is 13.8. The van der Waals surface area contributed by atoms with Crippen molar-refractivity contribution in [3.8, 4) is 0 Å². The first-order valence-corrected chi connectivity index (χ1v) is 8.19. The van der Waals surface area contributed by atoms with Gasteiger partial charge in [0, 0.05) is 53.9 Å². The first kappa shape index (κ1) is 16.3. The van der Waals surface area contributed by atoms with Crippen LogP contribution >= 0.6 is 11.6 Å². The highest BCUT2D eigenvalue weighted by molar-refractivity contribution is 6.31. The van der Waals surface area contributed by atoms with Crippen LogP contribution in [0.15, 0.2) is 53.6 Å². The topological polar surface area (TPSA) is 66.9 Å². The van der Waals surface area contributed by atoms with Crippen LogP contribution in [0.5, 0.6) is 0 Å². The van der Waals surface area contributed by atoms with Crippen LogP contribution in [-0.4, -0.2) is 22.0 Å². The fraction of sp³-hybridized carbons (Fsp3) is 0.222. The second kappa shape index (κ2) is 7.36. The molecule has 2 aromatic heterocycles. The summed E-state index contributed by atoms with van der Waals surface area (Å²) in [4.78, 5) is 26.7. The van der Waals surface area contributed by atoms with E-state index in [1.54, 1.807) is 18.3 Å². The summed E-state index contributed by atoms with van der Waals surface area (Å²) in [6, 6.07) is 10.7.